The molecule has 3 nitrogen and oxygen atoms in total. The second kappa shape index (κ2) is 13.8. The number of carbonyl (C=O) groups is 1. The van der Waals surface area contributed by atoms with E-state index in [9.17, 15) is 4.79 Å². The van der Waals surface area contributed by atoms with Gasteiger partial charge in [-0.15, -0.1) is 0 Å². The van der Waals surface area contributed by atoms with Gasteiger partial charge in [0.2, 0.25) is 5.91 Å². The van der Waals surface area contributed by atoms with Crippen molar-refractivity contribution in [1.29, 1.82) is 0 Å². The van der Waals surface area contributed by atoms with E-state index in [0.29, 0.717) is 6.42 Å². The van der Waals surface area contributed by atoms with Crippen molar-refractivity contribution in [2.45, 2.75) is 103 Å². The Balaban J connectivity index is 4.30. The molecule has 0 bridgehead atoms. The van der Waals surface area contributed by atoms with Crippen LogP contribution in [0.2, 0.25) is 0 Å². The van der Waals surface area contributed by atoms with Crippen molar-refractivity contribution >= 4 is 5.91 Å². The fourth-order valence-corrected chi connectivity index (χ4v) is 3.03. The van der Waals surface area contributed by atoms with Gasteiger partial charge in [0.05, 0.1) is 0 Å². The third kappa shape index (κ3) is 13.6. The van der Waals surface area contributed by atoms with Crippen LogP contribution < -0.4 is 5.32 Å². The first kappa shape index (κ1) is 22.4. The maximum absolute atomic E-state index is 12.2. The molecule has 0 aliphatic heterocycles. The molecule has 23 heavy (non-hydrogen) atoms. The normalized spacial score (nSPS) is 14.0. The number of hydrogen-bond acceptors (Lipinski definition) is 2. The first-order valence-corrected chi connectivity index (χ1v) is 9.89. The Morgan fingerprint density at radius 3 is 1.83 bits per heavy atom. The lowest BCUT2D eigenvalue weighted by molar-refractivity contribution is -0.123. The highest BCUT2D eigenvalue weighted by molar-refractivity contribution is 5.76. The summed E-state index contributed by atoms with van der Waals surface area (Å²) in [6.45, 7) is 7.58. The van der Waals surface area contributed by atoms with E-state index in [-0.39, 0.29) is 11.4 Å². The van der Waals surface area contributed by atoms with E-state index in [1.54, 1.807) is 0 Å². The molecule has 0 aliphatic carbocycles. The van der Waals surface area contributed by atoms with Gasteiger partial charge in [0.1, 0.15) is 0 Å². The monoisotopic (exact) mass is 326 g/mol. The summed E-state index contributed by atoms with van der Waals surface area (Å²) in [5.41, 5.74) is -0.0106. The molecule has 0 saturated heterocycles. The zero-order valence-electron chi connectivity index (χ0n) is 16.5. The Hall–Kier alpha value is -0.570. The van der Waals surface area contributed by atoms with Crippen LogP contribution in [-0.4, -0.2) is 37.0 Å². The summed E-state index contributed by atoms with van der Waals surface area (Å²) in [6.07, 6.45) is 14.4. The summed E-state index contributed by atoms with van der Waals surface area (Å²) in [5, 5.41) is 3.35. The molecule has 1 atom stereocenters. The van der Waals surface area contributed by atoms with E-state index in [1.807, 2.05) is 14.1 Å². The van der Waals surface area contributed by atoms with Gasteiger partial charge in [-0.05, 0) is 33.9 Å². The first-order chi connectivity index (χ1) is 10.9. The van der Waals surface area contributed by atoms with Gasteiger partial charge in [-0.25, -0.2) is 0 Å². The lowest BCUT2D eigenvalue weighted by Crippen LogP contribution is -2.46. The van der Waals surface area contributed by atoms with Crippen LogP contribution in [-0.2, 0) is 4.79 Å². The van der Waals surface area contributed by atoms with Crippen LogP contribution in [0.5, 0.6) is 0 Å². The van der Waals surface area contributed by atoms with Crippen molar-refractivity contribution in [1.82, 2.24) is 10.2 Å². The summed E-state index contributed by atoms with van der Waals surface area (Å²) < 4.78 is 0. The summed E-state index contributed by atoms with van der Waals surface area (Å²) in [5.74, 6) is 0.213. The third-order valence-corrected chi connectivity index (χ3v) is 4.64. The topological polar surface area (TPSA) is 32.3 Å². The molecule has 0 aliphatic rings. The number of rotatable bonds is 15. The van der Waals surface area contributed by atoms with E-state index in [2.05, 4.69) is 31.0 Å². The molecule has 3 heteroatoms. The molecule has 0 saturated carbocycles. The first-order valence-electron chi connectivity index (χ1n) is 9.89. The molecule has 0 heterocycles. The zero-order valence-corrected chi connectivity index (χ0v) is 16.5. The van der Waals surface area contributed by atoms with Gasteiger partial charge in [-0.1, -0.05) is 71.6 Å². The maximum atomic E-state index is 12.2. The second-order valence-electron chi connectivity index (χ2n) is 7.64. The average molecular weight is 327 g/mol. The van der Waals surface area contributed by atoms with E-state index >= 15 is 0 Å². The Kier molecular flexibility index (Phi) is 13.5. The number of unbranched alkanes of at least 4 members (excludes halogenated alkanes) is 7. The summed E-state index contributed by atoms with van der Waals surface area (Å²) in [6, 6.07) is 0. The number of amides is 1. The zero-order chi connectivity index (χ0) is 17.6. The number of carbonyl (C=O) groups excluding carboxylic acids is 1. The second-order valence-corrected chi connectivity index (χ2v) is 7.64. The highest BCUT2D eigenvalue weighted by Crippen LogP contribution is 2.23. The Morgan fingerprint density at radius 1 is 0.870 bits per heavy atom. The number of nitrogens with one attached hydrogen (secondary N) is 1. The Labute approximate surface area is 145 Å². The van der Waals surface area contributed by atoms with Gasteiger partial charge in [0, 0.05) is 18.5 Å². The highest BCUT2D eigenvalue weighted by atomic mass is 16.1. The summed E-state index contributed by atoms with van der Waals surface area (Å²) in [4.78, 5) is 14.3. The molecule has 0 radical (unpaired) electrons. The van der Waals surface area contributed by atoms with Crippen LogP contribution in [0.15, 0.2) is 0 Å². The molecule has 0 aromatic rings. The molecule has 0 rings (SSSR count). The molecule has 1 N–H and O–H groups in total. The van der Waals surface area contributed by atoms with Crippen molar-refractivity contribution in [2.24, 2.45) is 0 Å². The van der Waals surface area contributed by atoms with Crippen molar-refractivity contribution in [3.05, 3.63) is 0 Å². The number of nitrogens with zero attached hydrogens (tertiary/aromatic N) is 1. The molecular weight excluding hydrogens is 284 g/mol. The van der Waals surface area contributed by atoms with E-state index < -0.39 is 0 Å². The lowest BCUT2D eigenvalue weighted by atomic mass is 9.88. The van der Waals surface area contributed by atoms with Crippen molar-refractivity contribution in [2.75, 3.05) is 20.6 Å². The van der Waals surface area contributed by atoms with Crippen LogP contribution >= 0.6 is 0 Å². The standard InChI is InChI=1S/C20H42N2O/c1-6-8-10-12-14-17-20(3,16-13-11-9-7-2)21-19(23)15-18-22(4)5/h6-18H2,1-5H3,(H,21,23). The molecule has 1 unspecified atom stereocenters. The van der Waals surface area contributed by atoms with Crippen LogP contribution in [0.1, 0.15) is 97.8 Å². The fourth-order valence-electron chi connectivity index (χ4n) is 3.03. The molecule has 0 aromatic heterocycles. The van der Waals surface area contributed by atoms with Gasteiger partial charge in [0.25, 0.3) is 0 Å². The van der Waals surface area contributed by atoms with E-state index in [1.165, 1.54) is 57.8 Å². The minimum absolute atomic E-state index is 0.0106. The minimum Gasteiger partial charge on any atom is -0.351 e. The van der Waals surface area contributed by atoms with E-state index in [4.69, 9.17) is 0 Å². The van der Waals surface area contributed by atoms with Gasteiger partial charge < -0.3 is 10.2 Å². The van der Waals surface area contributed by atoms with Crippen LogP contribution in [0.4, 0.5) is 0 Å². The fraction of sp³-hybridized carbons (Fsp3) is 0.950. The predicted octanol–water partition coefficient (Wildman–Crippen LogP) is 5.14. The van der Waals surface area contributed by atoms with Crippen molar-refractivity contribution in [3.8, 4) is 0 Å². The smallest absolute Gasteiger partial charge is 0.221 e. The summed E-state index contributed by atoms with van der Waals surface area (Å²) >= 11 is 0. The maximum Gasteiger partial charge on any atom is 0.221 e. The SMILES string of the molecule is CCCCCCCC(C)(CCCCCC)NC(=O)CCN(C)C. The predicted molar refractivity (Wildman–Crippen MR) is 102 cm³/mol. The van der Waals surface area contributed by atoms with Gasteiger partial charge in [0.15, 0.2) is 0 Å². The van der Waals surface area contributed by atoms with Crippen molar-refractivity contribution in [3.63, 3.8) is 0 Å². The third-order valence-electron chi connectivity index (χ3n) is 4.64. The summed E-state index contributed by atoms with van der Waals surface area (Å²) in [7, 11) is 4.04. The Morgan fingerprint density at radius 2 is 1.35 bits per heavy atom. The van der Waals surface area contributed by atoms with Gasteiger partial charge >= 0.3 is 0 Å². The molecule has 1 amide bonds. The average Bonchev–Trinajstić information content (AvgIpc) is 2.49. The largest absolute Gasteiger partial charge is 0.351 e. The van der Waals surface area contributed by atoms with Crippen molar-refractivity contribution < 1.29 is 4.79 Å². The van der Waals surface area contributed by atoms with Gasteiger partial charge in [-0.3, -0.25) is 4.79 Å². The van der Waals surface area contributed by atoms with Gasteiger partial charge in [-0.2, -0.15) is 0 Å². The molecule has 0 aromatic carbocycles. The number of hydrogen-bond donors (Lipinski definition) is 1. The minimum atomic E-state index is -0.0106. The molecule has 138 valence electrons. The highest BCUT2D eigenvalue weighted by Gasteiger charge is 2.25. The molecule has 0 spiro atoms. The van der Waals surface area contributed by atoms with Crippen LogP contribution in [0, 0.1) is 0 Å². The lowest BCUT2D eigenvalue weighted by Gasteiger charge is -2.31. The molecule has 0 fully saturated rings. The van der Waals surface area contributed by atoms with Crippen LogP contribution in [0.25, 0.3) is 0 Å². The molecular formula is C20H42N2O. The van der Waals surface area contributed by atoms with Crippen LogP contribution in [0.3, 0.4) is 0 Å². The quantitative estimate of drug-likeness (QED) is 0.422. The Bertz CT molecular complexity index is 291. The van der Waals surface area contributed by atoms with E-state index in [0.717, 1.165) is 19.4 Å².